The highest BCUT2D eigenvalue weighted by atomic mass is 16.4. The fourth-order valence-corrected chi connectivity index (χ4v) is 5.69. The van der Waals surface area contributed by atoms with Gasteiger partial charge in [-0.15, -0.1) is 0 Å². The number of carboxylic acid groups (broad SMARTS) is 1. The number of rotatable bonds is 5. The number of hydrogen-bond donors (Lipinski definition) is 3. The highest BCUT2D eigenvalue weighted by Crippen LogP contribution is 2.34. The Morgan fingerprint density at radius 3 is 2.67 bits per heavy atom. The van der Waals surface area contributed by atoms with Gasteiger partial charge in [-0.3, -0.25) is 0 Å². The molecule has 3 aliphatic heterocycles. The fourth-order valence-electron chi connectivity index (χ4n) is 5.69. The molecule has 6 rings (SSSR count). The lowest BCUT2D eigenvalue weighted by Gasteiger charge is -2.32. The van der Waals surface area contributed by atoms with E-state index in [9.17, 15) is 9.90 Å². The summed E-state index contributed by atoms with van der Waals surface area (Å²) in [4.78, 5) is 27.9. The first-order chi connectivity index (χ1) is 16.1. The van der Waals surface area contributed by atoms with Crippen LogP contribution in [0.4, 0.5) is 5.95 Å². The second-order valence-corrected chi connectivity index (χ2v) is 9.59. The fraction of sp³-hybridized carbons (Fsp3) is 0.500. The van der Waals surface area contributed by atoms with E-state index in [1.807, 2.05) is 10.8 Å². The van der Waals surface area contributed by atoms with Crippen molar-refractivity contribution in [2.75, 3.05) is 18.4 Å². The van der Waals surface area contributed by atoms with E-state index in [1.165, 1.54) is 18.4 Å². The monoisotopic (exact) mass is 447 g/mol. The van der Waals surface area contributed by atoms with Crippen LogP contribution in [0.5, 0.6) is 0 Å². The van der Waals surface area contributed by atoms with Crippen molar-refractivity contribution >= 4 is 29.2 Å². The standard InChI is InChI=1S/C24H29N7O2/c32-23(33)20-9-16-11-26-24(29-22(16)31(20)19-3-1-2-4-19)28-21-8-5-15(10-25-21)12-30-13-17-6-7-18(14-30)27-17/h8-12,17-19,27H,1-7,13-14H2,(H,32,33)(H,26,28,29). The summed E-state index contributed by atoms with van der Waals surface area (Å²) in [6.45, 7) is 2.13. The normalized spacial score (nSPS) is 26.4. The highest BCUT2D eigenvalue weighted by Gasteiger charge is 2.31. The van der Waals surface area contributed by atoms with E-state index in [2.05, 4.69) is 42.8 Å². The predicted octanol–water partition coefficient (Wildman–Crippen LogP) is 3.29. The molecule has 2 aromatic heterocycles. The van der Waals surface area contributed by atoms with Crippen molar-refractivity contribution in [1.29, 1.82) is 0 Å². The second kappa shape index (κ2) is 8.30. The number of likely N-dealkylation sites (tertiary alicyclic amines) is 1. The van der Waals surface area contributed by atoms with Gasteiger partial charge in [-0.05, 0) is 49.8 Å². The number of carboxylic acids is 1. The molecule has 33 heavy (non-hydrogen) atoms. The molecule has 1 aliphatic carbocycles. The molecule has 4 aliphatic rings. The molecule has 3 fully saturated rings. The van der Waals surface area contributed by atoms with Gasteiger partial charge in [0.05, 0.1) is 0 Å². The molecule has 0 spiro atoms. The number of nitrogens with zero attached hydrogens (tertiary/aromatic N) is 5. The predicted molar refractivity (Wildman–Crippen MR) is 126 cm³/mol. The maximum Gasteiger partial charge on any atom is 0.352 e. The minimum absolute atomic E-state index is 0.177. The summed E-state index contributed by atoms with van der Waals surface area (Å²) in [5.74, 6) is 0.224. The molecule has 9 nitrogen and oxygen atoms in total. The van der Waals surface area contributed by atoms with E-state index in [-0.39, 0.29) is 11.7 Å². The van der Waals surface area contributed by atoms with E-state index in [0.29, 0.717) is 29.5 Å². The first-order valence-electron chi connectivity index (χ1n) is 12.0. The Kier molecular flexibility index (Phi) is 5.13. The maximum absolute atomic E-state index is 11.8. The van der Waals surface area contributed by atoms with Crippen LogP contribution >= 0.6 is 0 Å². The molecule has 0 radical (unpaired) electrons. The van der Waals surface area contributed by atoms with Gasteiger partial charge < -0.3 is 25.2 Å². The molecule has 0 aromatic carbocycles. The molecule has 2 bridgehead atoms. The Labute approximate surface area is 192 Å². The molecule has 9 heteroatoms. The minimum Gasteiger partial charge on any atom is -0.477 e. The van der Waals surface area contributed by atoms with Gasteiger partial charge in [0.1, 0.15) is 17.2 Å². The van der Waals surface area contributed by atoms with Crippen molar-refractivity contribution in [2.24, 2.45) is 4.99 Å². The largest absolute Gasteiger partial charge is 0.477 e. The number of allylic oxidation sites excluding steroid dienone is 2. The van der Waals surface area contributed by atoms with E-state index in [4.69, 9.17) is 0 Å². The third-order valence-electron chi connectivity index (χ3n) is 7.22. The minimum atomic E-state index is -0.925. The number of fused-ring (bicyclic) bond motifs is 3. The lowest BCUT2D eigenvalue weighted by molar-refractivity contribution is 0.0683. The maximum atomic E-state index is 11.8. The van der Waals surface area contributed by atoms with Crippen LogP contribution in [0.15, 0.2) is 40.9 Å². The SMILES string of the molecule is O=C(O)c1cc2cnc(NC3=CCC(=CN4CC5CCC(C4)N5)C=N3)nc2n1C1CCCC1. The lowest BCUT2D eigenvalue weighted by atomic mass is 10.1. The van der Waals surface area contributed by atoms with Crippen LogP contribution in [-0.4, -0.2) is 61.9 Å². The van der Waals surface area contributed by atoms with Gasteiger partial charge in [0.2, 0.25) is 5.95 Å². The molecular formula is C24H29N7O2. The molecule has 1 saturated carbocycles. The molecule has 0 amide bonds. The van der Waals surface area contributed by atoms with Gasteiger partial charge in [-0.1, -0.05) is 12.8 Å². The lowest BCUT2D eigenvalue weighted by Crippen LogP contribution is -2.49. The van der Waals surface area contributed by atoms with Crippen LogP contribution in [0.1, 0.15) is 61.5 Å². The number of nitrogens with one attached hydrogen (secondary N) is 2. The van der Waals surface area contributed by atoms with Crippen LogP contribution in [0, 0.1) is 0 Å². The van der Waals surface area contributed by atoms with Crippen LogP contribution in [-0.2, 0) is 0 Å². The Bertz CT molecular complexity index is 1160. The van der Waals surface area contributed by atoms with Crippen molar-refractivity contribution in [3.63, 3.8) is 0 Å². The smallest absolute Gasteiger partial charge is 0.352 e. The first kappa shape index (κ1) is 20.4. The summed E-state index contributed by atoms with van der Waals surface area (Å²) in [6, 6.07) is 3.09. The quantitative estimate of drug-likeness (QED) is 0.645. The number of aromatic carboxylic acids is 1. The second-order valence-electron chi connectivity index (χ2n) is 9.59. The van der Waals surface area contributed by atoms with Gasteiger partial charge in [-0.25, -0.2) is 14.8 Å². The van der Waals surface area contributed by atoms with E-state index in [0.717, 1.165) is 50.6 Å². The van der Waals surface area contributed by atoms with Crippen molar-refractivity contribution in [1.82, 2.24) is 24.8 Å². The van der Waals surface area contributed by atoms with Crippen molar-refractivity contribution in [3.05, 3.63) is 41.6 Å². The summed E-state index contributed by atoms with van der Waals surface area (Å²) >= 11 is 0. The average molecular weight is 448 g/mol. The Morgan fingerprint density at radius 1 is 1.18 bits per heavy atom. The summed E-state index contributed by atoms with van der Waals surface area (Å²) in [5, 5.41) is 17.3. The van der Waals surface area contributed by atoms with Crippen LogP contribution in [0.25, 0.3) is 11.0 Å². The summed E-state index contributed by atoms with van der Waals surface area (Å²) in [7, 11) is 0. The van der Waals surface area contributed by atoms with E-state index in [1.54, 1.807) is 12.3 Å². The van der Waals surface area contributed by atoms with Crippen LogP contribution < -0.4 is 10.6 Å². The van der Waals surface area contributed by atoms with E-state index < -0.39 is 5.97 Å². The Balaban J connectivity index is 1.19. The van der Waals surface area contributed by atoms with Gasteiger partial charge in [0, 0.05) is 55.2 Å². The van der Waals surface area contributed by atoms with Crippen LogP contribution in [0.2, 0.25) is 0 Å². The summed E-state index contributed by atoms with van der Waals surface area (Å²) in [5.41, 5.74) is 2.15. The molecular weight excluding hydrogens is 418 g/mol. The number of aliphatic imine (C=N–C) groups is 1. The van der Waals surface area contributed by atoms with Gasteiger partial charge in [0.15, 0.2) is 0 Å². The molecule has 5 heterocycles. The number of aromatic nitrogens is 3. The first-order valence-corrected chi connectivity index (χ1v) is 12.0. The highest BCUT2D eigenvalue weighted by molar-refractivity contribution is 5.93. The van der Waals surface area contributed by atoms with Gasteiger partial charge >= 0.3 is 5.97 Å². The molecule has 2 aromatic rings. The Hall–Kier alpha value is -3.20. The third-order valence-corrected chi connectivity index (χ3v) is 7.22. The van der Waals surface area contributed by atoms with Gasteiger partial charge in [0.25, 0.3) is 0 Å². The molecule has 2 unspecified atom stereocenters. The zero-order chi connectivity index (χ0) is 22.4. The number of piperazine rings is 1. The van der Waals surface area contributed by atoms with Crippen molar-refractivity contribution < 1.29 is 9.90 Å². The van der Waals surface area contributed by atoms with Crippen molar-refractivity contribution in [2.45, 2.75) is 63.1 Å². The summed E-state index contributed by atoms with van der Waals surface area (Å²) < 4.78 is 1.89. The van der Waals surface area contributed by atoms with E-state index >= 15 is 0 Å². The number of hydrogen-bond acceptors (Lipinski definition) is 7. The van der Waals surface area contributed by atoms with Crippen LogP contribution in [0.3, 0.4) is 0 Å². The molecule has 2 saturated heterocycles. The molecule has 3 N–H and O–H groups in total. The molecule has 2 atom stereocenters. The average Bonchev–Trinajstić information content (AvgIpc) is 3.53. The zero-order valence-corrected chi connectivity index (χ0v) is 18.6. The number of carbonyl (C=O) groups is 1. The topological polar surface area (TPSA) is 108 Å². The van der Waals surface area contributed by atoms with Crippen molar-refractivity contribution in [3.8, 4) is 0 Å². The van der Waals surface area contributed by atoms with Gasteiger partial charge in [-0.2, -0.15) is 4.98 Å². The molecule has 172 valence electrons. The third kappa shape index (κ3) is 4.01. The zero-order valence-electron chi connectivity index (χ0n) is 18.6. The summed E-state index contributed by atoms with van der Waals surface area (Å²) in [6.07, 6.45) is 15.4. The Morgan fingerprint density at radius 2 is 1.97 bits per heavy atom. The number of anilines is 1.